The van der Waals surface area contributed by atoms with Crippen molar-refractivity contribution >= 4 is 24.5 Å². The molecule has 3 rings (SSSR count). The van der Waals surface area contributed by atoms with Crippen molar-refractivity contribution < 1.29 is 33.5 Å². The van der Waals surface area contributed by atoms with Gasteiger partial charge in [-0.2, -0.15) is 0 Å². The van der Waals surface area contributed by atoms with E-state index in [-0.39, 0.29) is 23.8 Å². The third-order valence-corrected chi connectivity index (χ3v) is 6.23. The fourth-order valence-electron chi connectivity index (χ4n) is 4.22. The molecule has 1 saturated heterocycles. The van der Waals surface area contributed by atoms with E-state index in [2.05, 4.69) is 5.32 Å². The Kier molecular flexibility index (Phi) is 7.75. The summed E-state index contributed by atoms with van der Waals surface area (Å²) in [5, 5.41) is 12.9. The predicted octanol–water partition coefficient (Wildman–Crippen LogP) is 0.954. The lowest BCUT2D eigenvalue weighted by Gasteiger charge is -2.36. The molecule has 1 aromatic carbocycles. The second-order valence-electron chi connectivity index (χ2n) is 8.82. The quantitative estimate of drug-likeness (QED) is 0.465. The van der Waals surface area contributed by atoms with Crippen molar-refractivity contribution in [1.29, 1.82) is 0 Å². The van der Waals surface area contributed by atoms with Crippen LogP contribution in [0.25, 0.3) is 0 Å². The van der Waals surface area contributed by atoms with Crippen molar-refractivity contribution in [2.24, 2.45) is 11.3 Å². The Morgan fingerprint density at radius 1 is 1.26 bits per heavy atom. The van der Waals surface area contributed by atoms with Gasteiger partial charge in [-0.15, -0.1) is 0 Å². The highest BCUT2D eigenvalue weighted by Gasteiger charge is 2.36. The van der Waals surface area contributed by atoms with Gasteiger partial charge in [0.1, 0.15) is 6.04 Å². The molecular formula is C22H32BNO7. The van der Waals surface area contributed by atoms with Crippen LogP contribution in [0, 0.1) is 18.3 Å². The van der Waals surface area contributed by atoms with Gasteiger partial charge in [0.05, 0.1) is 19.8 Å². The van der Waals surface area contributed by atoms with Crippen LogP contribution in [0.2, 0.25) is 0 Å². The average molecular weight is 433 g/mol. The first kappa shape index (κ1) is 23.7. The molecule has 1 amide bonds. The summed E-state index contributed by atoms with van der Waals surface area (Å²) in [6, 6.07) is 2.68. The van der Waals surface area contributed by atoms with Crippen LogP contribution in [0.3, 0.4) is 0 Å². The summed E-state index contributed by atoms with van der Waals surface area (Å²) in [6.07, 6.45) is 1.51. The van der Waals surface area contributed by atoms with Gasteiger partial charge in [-0.05, 0) is 48.3 Å². The Labute approximate surface area is 183 Å². The lowest BCUT2D eigenvalue weighted by atomic mass is 9.75. The van der Waals surface area contributed by atoms with Gasteiger partial charge in [0, 0.05) is 31.3 Å². The zero-order valence-corrected chi connectivity index (χ0v) is 18.7. The molecule has 2 aliphatic rings. The van der Waals surface area contributed by atoms with Crippen molar-refractivity contribution in [1.82, 2.24) is 5.32 Å². The summed E-state index contributed by atoms with van der Waals surface area (Å²) < 4.78 is 21.7. The van der Waals surface area contributed by atoms with Crippen molar-refractivity contribution in [3.8, 4) is 0 Å². The standard InChI is InChI=1S/C22H32BNO7/c1-14(2)19(21(26)30-13-22(12-28-4)7-9-29-10-8-22)24-20(25)17-6-5-16-11-31-23(27)18(16)15(17)3/h5-6,14,19,27H,7-13H2,1-4H3,(H,24,25). The first-order chi connectivity index (χ1) is 14.8. The average Bonchev–Trinajstić information content (AvgIpc) is 3.12. The molecule has 9 heteroatoms. The van der Waals surface area contributed by atoms with Crippen molar-refractivity contribution in [3.05, 3.63) is 28.8 Å². The van der Waals surface area contributed by atoms with Gasteiger partial charge in [-0.25, -0.2) is 4.79 Å². The Morgan fingerprint density at radius 3 is 2.61 bits per heavy atom. The molecular weight excluding hydrogens is 401 g/mol. The lowest BCUT2D eigenvalue weighted by Crippen LogP contribution is -2.47. The number of hydrogen-bond donors (Lipinski definition) is 2. The normalized spacial score (nSPS) is 18.6. The molecule has 0 aromatic heterocycles. The second kappa shape index (κ2) is 10.1. The summed E-state index contributed by atoms with van der Waals surface area (Å²) >= 11 is 0. The molecule has 1 fully saturated rings. The van der Waals surface area contributed by atoms with Crippen LogP contribution in [0.1, 0.15) is 48.2 Å². The van der Waals surface area contributed by atoms with E-state index < -0.39 is 19.1 Å². The van der Waals surface area contributed by atoms with E-state index in [4.69, 9.17) is 18.9 Å². The van der Waals surface area contributed by atoms with Crippen LogP contribution < -0.4 is 10.8 Å². The predicted molar refractivity (Wildman–Crippen MR) is 115 cm³/mol. The van der Waals surface area contributed by atoms with Crippen LogP contribution in [-0.2, 0) is 30.3 Å². The topological polar surface area (TPSA) is 103 Å². The van der Waals surface area contributed by atoms with E-state index in [9.17, 15) is 14.6 Å². The maximum absolute atomic E-state index is 13.0. The summed E-state index contributed by atoms with van der Waals surface area (Å²) in [7, 11) is 0.599. The van der Waals surface area contributed by atoms with E-state index in [1.807, 2.05) is 13.8 Å². The minimum absolute atomic E-state index is 0.159. The lowest BCUT2D eigenvalue weighted by molar-refractivity contribution is -0.155. The number of benzene rings is 1. The molecule has 31 heavy (non-hydrogen) atoms. The minimum Gasteiger partial charge on any atom is -0.463 e. The maximum Gasteiger partial charge on any atom is 0.492 e. The van der Waals surface area contributed by atoms with Gasteiger partial charge >= 0.3 is 13.1 Å². The third kappa shape index (κ3) is 5.28. The number of amides is 1. The van der Waals surface area contributed by atoms with Crippen molar-refractivity contribution in [2.45, 2.75) is 46.3 Å². The largest absolute Gasteiger partial charge is 0.492 e. The van der Waals surface area contributed by atoms with Crippen LogP contribution in [0.5, 0.6) is 0 Å². The molecule has 0 bridgehead atoms. The molecule has 2 heterocycles. The Morgan fingerprint density at radius 2 is 1.97 bits per heavy atom. The number of fused-ring (bicyclic) bond motifs is 1. The minimum atomic E-state index is -1.04. The zero-order valence-electron chi connectivity index (χ0n) is 18.7. The van der Waals surface area contributed by atoms with Crippen LogP contribution in [-0.4, -0.2) is 63.6 Å². The maximum atomic E-state index is 13.0. The van der Waals surface area contributed by atoms with E-state index in [0.29, 0.717) is 43.0 Å². The van der Waals surface area contributed by atoms with E-state index in [0.717, 1.165) is 18.4 Å². The summed E-state index contributed by atoms with van der Waals surface area (Å²) in [4.78, 5) is 25.9. The number of carbonyl (C=O) groups is 2. The molecule has 0 spiro atoms. The molecule has 2 N–H and O–H groups in total. The number of esters is 1. The number of carbonyl (C=O) groups excluding carboxylic acids is 2. The molecule has 1 aromatic rings. The highest BCUT2D eigenvalue weighted by atomic mass is 16.5. The van der Waals surface area contributed by atoms with Crippen molar-refractivity contribution in [3.63, 3.8) is 0 Å². The molecule has 2 aliphatic heterocycles. The van der Waals surface area contributed by atoms with Gasteiger partial charge in [-0.1, -0.05) is 19.9 Å². The SMILES string of the molecule is COCC1(COC(=O)C(NC(=O)c2ccc3c(c2C)B(O)OC3)C(C)C)CCOCC1. The van der Waals surface area contributed by atoms with Gasteiger partial charge in [0.15, 0.2) is 0 Å². The molecule has 0 radical (unpaired) electrons. The van der Waals surface area contributed by atoms with Crippen LogP contribution in [0.15, 0.2) is 12.1 Å². The second-order valence-corrected chi connectivity index (χ2v) is 8.82. The molecule has 0 saturated carbocycles. The monoisotopic (exact) mass is 433 g/mol. The summed E-state index contributed by atoms with van der Waals surface area (Å²) in [5.41, 5.74) is 2.28. The fourth-order valence-corrected chi connectivity index (χ4v) is 4.22. The van der Waals surface area contributed by atoms with Gasteiger partial charge in [0.2, 0.25) is 0 Å². The number of nitrogens with one attached hydrogen (secondary N) is 1. The molecule has 8 nitrogen and oxygen atoms in total. The Bertz CT molecular complexity index is 802. The number of hydrogen-bond acceptors (Lipinski definition) is 7. The Hall–Kier alpha value is -1.94. The van der Waals surface area contributed by atoms with E-state index in [1.54, 1.807) is 26.2 Å². The van der Waals surface area contributed by atoms with Gasteiger partial charge in [-0.3, -0.25) is 4.79 Å². The number of methoxy groups -OCH3 is 1. The first-order valence-electron chi connectivity index (χ1n) is 10.7. The van der Waals surface area contributed by atoms with Crippen LogP contribution in [0.4, 0.5) is 0 Å². The highest BCUT2D eigenvalue weighted by Crippen LogP contribution is 2.31. The van der Waals surface area contributed by atoms with Gasteiger partial charge < -0.3 is 29.2 Å². The van der Waals surface area contributed by atoms with E-state index in [1.165, 1.54) is 0 Å². The molecule has 170 valence electrons. The zero-order chi connectivity index (χ0) is 22.6. The number of rotatable bonds is 8. The Balaban J connectivity index is 1.69. The van der Waals surface area contributed by atoms with E-state index >= 15 is 0 Å². The number of ether oxygens (including phenoxy) is 3. The molecule has 1 atom stereocenters. The smallest absolute Gasteiger partial charge is 0.463 e. The first-order valence-corrected chi connectivity index (χ1v) is 10.7. The summed E-state index contributed by atoms with van der Waals surface area (Å²) in [5.74, 6) is -1.01. The van der Waals surface area contributed by atoms with Crippen LogP contribution >= 0.6 is 0 Å². The highest BCUT2D eigenvalue weighted by molar-refractivity contribution is 6.62. The van der Waals surface area contributed by atoms with Crippen molar-refractivity contribution in [2.75, 3.05) is 33.5 Å². The summed E-state index contributed by atoms with van der Waals surface area (Å²) in [6.45, 7) is 7.74. The molecule has 0 aliphatic carbocycles. The molecule has 1 unspecified atom stereocenters. The van der Waals surface area contributed by atoms with Gasteiger partial charge in [0.25, 0.3) is 5.91 Å². The third-order valence-electron chi connectivity index (χ3n) is 6.23. The fraction of sp³-hybridized carbons (Fsp3) is 0.636.